The molecule has 2 aliphatic rings. The van der Waals surface area contributed by atoms with Crippen LogP contribution < -0.4 is 4.74 Å². The lowest BCUT2D eigenvalue weighted by molar-refractivity contribution is 0.228. The summed E-state index contributed by atoms with van der Waals surface area (Å²) in [5.41, 5.74) is 3.34. The van der Waals surface area contributed by atoms with Crippen LogP contribution in [0.4, 0.5) is 0 Å². The van der Waals surface area contributed by atoms with Gasteiger partial charge >= 0.3 is 0 Å². The van der Waals surface area contributed by atoms with E-state index in [1.54, 1.807) is 0 Å². The number of allylic oxidation sites excluding steroid dienone is 1. The van der Waals surface area contributed by atoms with Crippen molar-refractivity contribution in [3.8, 4) is 11.5 Å². The summed E-state index contributed by atoms with van der Waals surface area (Å²) >= 11 is 6.29. The maximum atomic E-state index is 6.29. The van der Waals surface area contributed by atoms with Gasteiger partial charge in [0, 0.05) is 48.0 Å². The Morgan fingerprint density at radius 1 is 1.00 bits per heavy atom. The van der Waals surface area contributed by atoms with Gasteiger partial charge in [0.15, 0.2) is 0 Å². The molecule has 0 unspecified atom stereocenters. The molecule has 0 spiro atoms. The first-order valence-electron chi connectivity index (χ1n) is 8.65. The maximum Gasteiger partial charge on any atom is 0.136 e. The summed E-state index contributed by atoms with van der Waals surface area (Å²) in [6, 6.07) is 14.0. The van der Waals surface area contributed by atoms with E-state index in [0.29, 0.717) is 0 Å². The quantitative estimate of drug-likeness (QED) is 0.748. The molecule has 1 saturated heterocycles. The second-order valence-corrected chi connectivity index (χ2v) is 6.75. The Morgan fingerprint density at radius 2 is 1.80 bits per heavy atom. The molecule has 128 valence electrons. The van der Waals surface area contributed by atoms with Crippen LogP contribution >= 0.6 is 11.6 Å². The van der Waals surface area contributed by atoms with Crippen molar-refractivity contribution in [2.24, 2.45) is 0 Å². The Bertz CT molecular complexity index is 836. The van der Waals surface area contributed by atoms with Gasteiger partial charge in [-0.3, -0.25) is 0 Å². The van der Waals surface area contributed by atoms with E-state index in [2.05, 4.69) is 41.1 Å². The minimum absolute atomic E-state index is 0.728. The van der Waals surface area contributed by atoms with Crippen molar-refractivity contribution in [3.63, 3.8) is 0 Å². The van der Waals surface area contributed by atoms with Crippen LogP contribution in [-0.2, 0) is 0 Å². The molecular formula is C21H21ClN2O. The number of nitrogens with zero attached hydrogens (tertiary/aromatic N) is 2. The highest BCUT2D eigenvalue weighted by Crippen LogP contribution is 2.40. The largest absolute Gasteiger partial charge is 0.456 e. The molecule has 0 atom stereocenters. The summed E-state index contributed by atoms with van der Waals surface area (Å²) in [6.07, 6.45) is 6.49. The van der Waals surface area contributed by atoms with Gasteiger partial charge in [-0.15, -0.1) is 0 Å². The fraction of sp³-hybridized carbons (Fsp3) is 0.238. The maximum absolute atomic E-state index is 6.29. The zero-order valence-corrected chi connectivity index (χ0v) is 15.0. The molecule has 4 heteroatoms. The summed E-state index contributed by atoms with van der Waals surface area (Å²) in [5.74, 6) is 1.74. The monoisotopic (exact) mass is 352 g/mol. The van der Waals surface area contributed by atoms with Crippen LogP contribution in [0, 0.1) is 0 Å². The zero-order chi connectivity index (χ0) is 17.2. The number of rotatable bonds is 2. The number of fused-ring (bicyclic) bond motifs is 2. The fourth-order valence-electron chi connectivity index (χ4n) is 3.41. The van der Waals surface area contributed by atoms with Crippen LogP contribution in [-0.4, -0.2) is 36.0 Å². The van der Waals surface area contributed by atoms with Crippen LogP contribution in [0.2, 0.25) is 5.02 Å². The Kier molecular flexibility index (Phi) is 4.41. The molecule has 0 aliphatic carbocycles. The fourth-order valence-corrected chi connectivity index (χ4v) is 3.58. The second-order valence-electron chi connectivity index (χ2n) is 6.32. The van der Waals surface area contributed by atoms with Gasteiger partial charge in [-0.1, -0.05) is 35.9 Å². The topological polar surface area (TPSA) is 15.7 Å². The lowest BCUT2D eigenvalue weighted by Gasteiger charge is -2.37. The van der Waals surface area contributed by atoms with E-state index in [0.717, 1.165) is 53.8 Å². The van der Waals surface area contributed by atoms with E-state index in [1.165, 1.54) is 5.70 Å². The number of para-hydroxylation sites is 1. The van der Waals surface area contributed by atoms with E-state index in [9.17, 15) is 0 Å². The Balaban J connectivity index is 1.74. The lowest BCUT2D eigenvalue weighted by atomic mass is 10.1. The van der Waals surface area contributed by atoms with E-state index < -0.39 is 0 Å². The molecule has 4 rings (SSSR count). The van der Waals surface area contributed by atoms with Crippen LogP contribution in [0.5, 0.6) is 11.5 Å². The summed E-state index contributed by atoms with van der Waals surface area (Å²) < 4.78 is 6.18. The van der Waals surface area contributed by atoms with Crippen molar-refractivity contribution in [2.45, 2.75) is 6.92 Å². The zero-order valence-electron chi connectivity index (χ0n) is 14.3. The molecule has 2 aliphatic heterocycles. The number of benzene rings is 2. The predicted molar refractivity (Wildman–Crippen MR) is 104 cm³/mol. The van der Waals surface area contributed by atoms with Gasteiger partial charge in [-0.25, -0.2) is 0 Å². The molecular weight excluding hydrogens is 332 g/mol. The summed E-state index contributed by atoms with van der Waals surface area (Å²) in [7, 11) is 0. The number of hydrogen-bond acceptors (Lipinski definition) is 3. The molecule has 0 radical (unpaired) electrons. The van der Waals surface area contributed by atoms with E-state index in [1.807, 2.05) is 36.4 Å². The van der Waals surface area contributed by atoms with E-state index >= 15 is 0 Å². The summed E-state index contributed by atoms with van der Waals surface area (Å²) in [5, 5.41) is 0.728. The van der Waals surface area contributed by atoms with Crippen molar-refractivity contribution in [2.75, 3.05) is 26.2 Å². The standard InChI is InChI=1S/C21H21ClN2O/c1-2-9-23-10-12-24(13-11-23)19-14-16-5-3-4-6-20(16)25-21-8-7-17(22)15-18(19)21/h2-9,14-15H,10-13H2,1H3/b9-2+. The number of halogens is 1. The van der Waals surface area contributed by atoms with Crippen molar-refractivity contribution in [1.82, 2.24) is 9.80 Å². The Morgan fingerprint density at radius 3 is 2.60 bits per heavy atom. The SMILES string of the molecule is C/C=C/N1CCN(C2=Cc3ccccc3Oc3ccc(Cl)cc32)CC1. The van der Waals surface area contributed by atoms with Gasteiger partial charge in [0.1, 0.15) is 11.5 Å². The number of ether oxygens (including phenoxy) is 1. The van der Waals surface area contributed by atoms with E-state index in [-0.39, 0.29) is 0 Å². The van der Waals surface area contributed by atoms with Gasteiger partial charge in [-0.2, -0.15) is 0 Å². The van der Waals surface area contributed by atoms with Crippen molar-refractivity contribution < 1.29 is 4.74 Å². The normalized spacial score (nSPS) is 16.8. The third kappa shape index (κ3) is 3.24. The molecule has 0 amide bonds. The molecule has 0 N–H and O–H groups in total. The number of piperazine rings is 1. The molecule has 0 aromatic heterocycles. The summed E-state index contributed by atoms with van der Waals surface area (Å²) in [6.45, 7) is 6.04. The van der Waals surface area contributed by atoms with Crippen LogP contribution in [0.25, 0.3) is 11.8 Å². The first-order valence-corrected chi connectivity index (χ1v) is 9.03. The first kappa shape index (κ1) is 16.1. The van der Waals surface area contributed by atoms with Gasteiger partial charge in [0.25, 0.3) is 0 Å². The van der Waals surface area contributed by atoms with Crippen molar-refractivity contribution in [3.05, 3.63) is 70.9 Å². The molecule has 3 nitrogen and oxygen atoms in total. The minimum Gasteiger partial charge on any atom is -0.456 e. The van der Waals surface area contributed by atoms with Gasteiger partial charge < -0.3 is 14.5 Å². The van der Waals surface area contributed by atoms with Crippen molar-refractivity contribution >= 4 is 23.4 Å². The van der Waals surface area contributed by atoms with Gasteiger partial charge in [0.2, 0.25) is 0 Å². The highest BCUT2D eigenvalue weighted by atomic mass is 35.5. The molecule has 2 aromatic rings. The van der Waals surface area contributed by atoms with Crippen LogP contribution in [0.15, 0.2) is 54.7 Å². The van der Waals surface area contributed by atoms with Gasteiger partial charge in [0.05, 0.1) is 0 Å². The minimum atomic E-state index is 0.728. The van der Waals surface area contributed by atoms with Crippen LogP contribution in [0.1, 0.15) is 18.1 Å². The average molecular weight is 353 g/mol. The predicted octanol–water partition coefficient (Wildman–Crippen LogP) is 5.10. The van der Waals surface area contributed by atoms with E-state index in [4.69, 9.17) is 16.3 Å². The van der Waals surface area contributed by atoms with Gasteiger partial charge in [-0.05, 0) is 43.5 Å². The molecule has 25 heavy (non-hydrogen) atoms. The average Bonchev–Trinajstić information content (AvgIpc) is 2.79. The molecule has 0 bridgehead atoms. The molecule has 0 saturated carbocycles. The Hall–Kier alpha value is -2.39. The first-order chi connectivity index (χ1) is 12.2. The molecule has 2 heterocycles. The second kappa shape index (κ2) is 6.85. The highest BCUT2D eigenvalue weighted by Gasteiger charge is 2.23. The molecule has 2 aromatic carbocycles. The Labute approximate surface area is 153 Å². The third-order valence-corrected chi connectivity index (χ3v) is 4.90. The summed E-state index contributed by atoms with van der Waals surface area (Å²) in [4.78, 5) is 4.79. The lowest BCUT2D eigenvalue weighted by Crippen LogP contribution is -2.42. The third-order valence-electron chi connectivity index (χ3n) is 4.66. The number of hydrogen-bond donors (Lipinski definition) is 0. The smallest absolute Gasteiger partial charge is 0.136 e. The highest BCUT2D eigenvalue weighted by molar-refractivity contribution is 6.30. The van der Waals surface area contributed by atoms with Crippen molar-refractivity contribution in [1.29, 1.82) is 0 Å². The molecule has 1 fully saturated rings. The van der Waals surface area contributed by atoms with Crippen LogP contribution in [0.3, 0.4) is 0 Å².